The zero-order chi connectivity index (χ0) is 17.3. The van der Waals surface area contributed by atoms with Crippen LogP contribution in [0.2, 0.25) is 5.02 Å². The van der Waals surface area contributed by atoms with Crippen molar-refractivity contribution in [1.82, 2.24) is 9.97 Å². The van der Waals surface area contributed by atoms with E-state index in [0.717, 1.165) is 0 Å². The number of halogens is 1. The van der Waals surface area contributed by atoms with Crippen molar-refractivity contribution in [3.63, 3.8) is 0 Å². The van der Waals surface area contributed by atoms with E-state index in [1.165, 1.54) is 12.1 Å². The van der Waals surface area contributed by atoms with Crippen LogP contribution in [0.4, 0.5) is 0 Å². The third-order valence-corrected chi connectivity index (χ3v) is 3.90. The molecule has 0 aliphatic carbocycles. The molecule has 2 heterocycles. The quantitative estimate of drug-likeness (QED) is 0.714. The predicted octanol–water partition coefficient (Wildman–Crippen LogP) is 3.22. The maximum absolute atomic E-state index is 12.9. The first-order chi connectivity index (χ1) is 11.6. The van der Waals surface area contributed by atoms with Gasteiger partial charge >= 0.3 is 5.97 Å². The largest absolute Gasteiger partial charge is 0.462 e. The Kier molecular flexibility index (Phi) is 4.11. The fourth-order valence-electron chi connectivity index (χ4n) is 2.53. The van der Waals surface area contributed by atoms with E-state index >= 15 is 0 Å². The van der Waals surface area contributed by atoms with Crippen molar-refractivity contribution in [3.8, 4) is 17.5 Å². The number of hydrogen-bond acceptors (Lipinski definition) is 4. The van der Waals surface area contributed by atoms with E-state index < -0.39 is 11.4 Å². The molecule has 0 spiro atoms. The molecular weight excluding hydrogens is 330 g/mol. The number of nitrogens with one attached hydrogen (secondary N) is 2. The van der Waals surface area contributed by atoms with E-state index in [-0.39, 0.29) is 39.4 Å². The second kappa shape index (κ2) is 6.22. The molecule has 3 rings (SSSR count). The molecule has 0 radical (unpaired) electrons. The fourth-order valence-corrected chi connectivity index (χ4v) is 2.73. The number of ether oxygens (including phenoxy) is 1. The average Bonchev–Trinajstić information content (AvgIpc) is 3.09. The van der Waals surface area contributed by atoms with E-state index in [4.69, 9.17) is 16.3 Å². The molecule has 2 aromatic heterocycles. The van der Waals surface area contributed by atoms with Crippen molar-refractivity contribution in [2.24, 2.45) is 0 Å². The number of fused-ring (bicyclic) bond motifs is 1. The van der Waals surface area contributed by atoms with Crippen LogP contribution in [0.1, 0.15) is 22.8 Å². The van der Waals surface area contributed by atoms with Gasteiger partial charge in [-0.3, -0.25) is 4.79 Å². The summed E-state index contributed by atoms with van der Waals surface area (Å²) in [5.41, 5.74) is 0.593. The van der Waals surface area contributed by atoms with Crippen molar-refractivity contribution in [3.05, 3.63) is 56.8 Å². The van der Waals surface area contributed by atoms with Gasteiger partial charge in [0.1, 0.15) is 11.6 Å². The molecule has 2 N–H and O–H groups in total. The number of pyridine rings is 1. The Morgan fingerprint density at radius 1 is 1.38 bits per heavy atom. The minimum absolute atomic E-state index is 0.113. The van der Waals surface area contributed by atoms with Crippen LogP contribution in [-0.2, 0) is 4.74 Å². The van der Waals surface area contributed by atoms with Gasteiger partial charge < -0.3 is 14.7 Å². The van der Waals surface area contributed by atoms with Gasteiger partial charge in [-0.1, -0.05) is 11.6 Å². The molecule has 0 aliphatic heterocycles. The summed E-state index contributed by atoms with van der Waals surface area (Å²) in [4.78, 5) is 31.1. The number of esters is 1. The van der Waals surface area contributed by atoms with Gasteiger partial charge in [-0.05, 0) is 31.2 Å². The van der Waals surface area contributed by atoms with E-state index in [0.29, 0.717) is 5.69 Å². The summed E-state index contributed by atoms with van der Waals surface area (Å²) in [6, 6.07) is 8.36. The average molecular weight is 342 g/mol. The summed E-state index contributed by atoms with van der Waals surface area (Å²) >= 11 is 6.04. The van der Waals surface area contributed by atoms with E-state index in [1.807, 2.05) is 6.07 Å². The Morgan fingerprint density at radius 3 is 2.79 bits per heavy atom. The normalized spacial score (nSPS) is 10.5. The number of nitrogens with zero attached hydrogens (tertiary/aromatic N) is 1. The van der Waals surface area contributed by atoms with E-state index in [2.05, 4.69) is 9.97 Å². The van der Waals surface area contributed by atoms with Crippen molar-refractivity contribution in [1.29, 1.82) is 5.26 Å². The number of rotatable bonds is 3. The van der Waals surface area contributed by atoms with Crippen LogP contribution in [0.15, 0.2) is 35.3 Å². The second-order valence-corrected chi connectivity index (χ2v) is 5.37. The SMILES string of the molecule is CCOC(=O)c1c(-c2ccc[nH]2)[nH]c2c(C#N)c(Cl)ccc2c1=O. The topological polar surface area (TPSA) is 98.7 Å². The number of carbonyl (C=O) groups is 1. The molecule has 0 saturated carbocycles. The molecule has 0 unspecified atom stereocenters. The van der Waals surface area contributed by atoms with Gasteiger partial charge in [0.15, 0.2) is 0 Å². The lowest BCUT2D eigenvalue weighted by Gasteiger charge is -2.11. The van der Waals surface area contributed by atoms with Crippen molar-refractivity contribution >= 4 is 28.5 Å². The van der Waals surface area contributed by atoms with Crippen molar-refractivity contribution in [2.45, 2.75) is 6.92 Å². The van der Waals surface area contributed by atoms with Crippen LogP contribution in [0.5, 0.6) is 0 Å². The van der Waals surface area contributed by atoms with Crippen molar-refractivity contribution in [2.75, 3.05) is 6.61 Å². The summed E-state index contributed by atoms with van der Waals surface area (Å²) < 4.78 is 5.01. The van der Waals surface area contributed by atoms with Gasteiger partial charge in [0.25, 0.3) is 0 Å². The van der Waals surface area contributed by atoms with Crippen LogP contribution in [-0.4, -0.2) is 22.5 Å². The molecule has 0 amide bonds. The monoisotopic (exact) mass is 341 g/mol. The lowest BCUT2D eigenvalue weighted by Crippen LogP contribution is -2.21. The molecule has 24 heavy (non-hydrogen) atoms. The van der Waals surface area contributed by atoms with Gasteiger partial charge in [0.2, 0.25) is 5.43 Å². The highest BCUT2D eigenvalue weighted by Gasteiger charge is 2.23. The Hall–Kier alpha value is -3.04. The van der Waals surface area contributed by atoms with E-state index in [9.17, 15) is 14.9 Å². The third kappa shape index (κ3) is 2.45. The Bertz CT molecular complexity index is 1030. The number of carbonyl (C=O) groups excluding carboxylic acids is 1. The zero-order valence-electron chi connectivity index (χ0n) is 12.6. The lowest BCUT2D eigenvalue weighted by atomic mass is 10.0. The van der Waals surface area contributed by atoms with Crippen LogP contribution in [0, 0.1) is 11.3 Å². The molecule has 0 atom stereocenters. The zero-order valence-corrected chi connectivity index (χ0v) is 13.4. The van der Waals surface area contributed by atoms with Crippen LogP contribution in [0.3, 0.4) is 0 Å². The van der Waals surface area contributed by atoms with E-state index in [1.54, 1.807) is 25.3 Å². The standard InChI is InChI=1S/C17H12ClN3O3/c1-2-24-17(23)13-15(12-4-3-7-20-12)21-14-9(16(13)22)5-6-11(18)10(14)8-19/h3-7,20H,2H2,1H3,(H,21,22). The summed E-state index contributed by atoms with van der Waals surface area (Å²) in [6.07, 6.45) is 1.66. The number of aromatic amines is 2. The molecule has 1 aromatic carbocycles. The van der Waals surface area contributed by atoms with Crippen LogP contribution < -0.4 is 5.43 Å². The molecule has 0 saturated heterocycles. The van der Waals surface area contributed by atoms with Gasteiger partial charge in [-0.25, -0.2) is 4.79 Å². The molecule has 3 aromatic rings. The summed E-state index contributed by atoms with van der Waals surface area (Å²) in [5, 5.41) is 9.76. The minimum Gasteiger partial charge on any atom is -0.462 e. The molecular formula is C17H12ClN3O3. The summed E-state index contributed by atoms with van der Waals surface area (Å²) in [6.45, 7) is 1.81. The van der Waals surface area contributed by atoms with Gasteiger partial charge in [-0.2, -0.15) is 5.26 Å². The highest BCUT2D eigenvalue weighted by molar-refractivity contribution is 6.32. The molecule has 0 fully saturated rings. The highest BCUT2D eigenvalue weighted by Crippen LogP contribution is 2.27. The molecule has 0 bridgehead atoms. The number of hydrogen-bond donors (Lipinski definition) is 2. The minimum atomic E-state index is -0.723. The van der Waals surface area contributed by atoms with Crippen molar-refractivity contribution < 1.29 is 9.53 Å². The van der Waals surface area contributed by atoms with Crippen LogP contribution >= 0.6 is 11.6 Å². The Morgan fingerprint density at radius 2 is 2.17 bits per heavy atom. The van der Waals surface area contributed by atoms with Crippen LogP contribution in [0.25, 0.3) is 22.3 Å². The maximum Gasteiger partial charge on any atom is 0.344 e. The number of nitriles is 1. The van der Waals surface area contributed by atoms with Gasteiger partial charge in [0, 0.05) is 11.6 Å². The molecule has 0 aliphatic rings. The van der Waals surface area contributed by atoms with Gasteiger partial charge in [0.05, 0.1) is 34.1 Å². The lowest BCUT2D eigenvalue weighted by molar-refractivity contribution is 0.0525. The molecule has 120 valence electrons. The molecule has 7 heteroatoms. The first kappa shape index (κ1) is 15.8. The maximum atomic E-state index is 12.9. The third-order valence-electron chi connectivity index (χ3n) is 3.58. The number of benzene rings is 1. The predicted molar refractivity (Wildman–Crippen MR) is 90.0 cm³/mol. The Labute approximate surface area is 141 Å². The number of aromatic nitrogens is 2. The Balaban J connectivity index is 2.46. The first-order valence-corrected chi connectivity index (χ1v) is 7.55. The summed E-state index contributed by atoms with van der Waals surface area (Å²) in [7, 11) is 0. The summed E-state index contributed by atoms with van der Waals surface area (Å²) in [5.74, 6) is -0.723. The highest BCUT2D eigenvalue weighted by atomic mass is 35.5. The molecule has 6 nitrogen and oxygen atoms in total. The second-order valence-electron chi connectivity index (χ2n) is 4.97. The smallest absolute Gasteiger partial charge is 0.344 e. The number of H-pyrrole nitrogens is 2. The van der Waals surface area contributed by atoms with Gasteiger partial charge in [-0.15, -0.1) is 0 Å². The first-order valence-electron chi connectivity index (χ1n) is 7.18. The fraction of sp³-hybridized carbons (Fsp3) is 0.118.